The molecule has 2 atom stereocenters. The molecule has 0 saturated carbocycles. The van der Waals surface area contributed by atoms with Crippen LogP contribution in [0.1, 0.15) is 19.3 Å². The van der Waals surface area contributed by atoms with Crippen molar-refractivity contribution in [3.63, 3.8) is 0 Å². The molecule has 7 nitrogen and oxygen atoms in total. The zero-order valence-electron chi connectivity index (χ0n) is 11.3. The molecule has 1 aromatic rings. The Morgan fingerprint density at radius 2 is 2.05 bits per heavy atom. The maximum absolute atomic E-state index is 12.6. The lowest BCUT2D eigenvalue weighted by Gasteiger charge is -2.30. The van der Waals surface area contributed by atoms with Crippen LogP contribution in [-0.4, -0.2) is 54.3 Å². The number of aromatic nitrogens is 2. The molecule has 8 heteroatoms. The Morgan fingerprint density at radius 3 is 2.70 bits per heavy atom. The molecular weight excluding hydrogens is 280 g/mol. The van der Waals surface area contributed by atoms with Gasteiger partial charge in [0.05, 0.1) is 18.4 Å². The standard InChI is InChI=1S/C12H20N4O3S/c13-4-1-5-15-9-12(6-14-15)20(17,18)16-7-10-2-3-11(8-16)19-10/h6,9-11H,1-5,7-8,13H2. The van der Waals surface area contributed by atoms with Crippen LogP contribution >= 0.6 is 0 Å². The molecule has 0 spiro atoms. The van der Waals surface area contributed by atoms with Crippen LogP contribution in [0.3, 0.4) is 0 Å². The molecule has 1 aromatic heterocycles. The van der Waals surface area contributed by atoms with Gasteiger partial charge in [-0.05, 0) is 25.8 Å². The number of ether oxygens (including phenoxy) is 1. The number of sulfonamides is 1. The predicted molar refractivity (Wildman–Crippen MR) is 72.6 cm³/mol. The van der Waals surface area contributed by atoms with Gasteiger partial charge in [-0.3, -0.25) is 4.68 Å². The van der Waals surface area contributed by atoms with Crippen LogP contribution in [0.25, 0.3) is 0 Å². The molecule has 2 bridgehead atoms. The average molecular weight is 300 g/mol. The van der Waals surface area contributed by atoms with E-state index < -0.39 is 10.0 Å². The van der Waals surface area contributed by atoms with E-state index in [4.69, 9.17) is 10.5 Å². The lowest BCUT2D eigenvalue weighted by molar-refractivity contribution is -0.0114. The first-order valence-corrected chi connectivity index (χ1v) is 8.42. The molecule has 112 valence electrons. The van der Waals surface area contributed by atoms with E-state index in [2.05, 4.69) is 5.10 Å². The van der Waals surface area contributed by atoms with Gasteiger partial charge in [-0.15, -0.1) is 0 Å². The summed E-state index contributed by atoms with van der Waals surface area (Å²) in [5, 5.41) is 4.09. The molecular formula is C12H20N4O3S. The molecule has 3 heterocycles. The Hall–Kier alpha value is -0.960. The monoisotopic (exact) mass is 300 g/mol. The summed E-state index contributed by atoms with van der Waals surface area (Å²) in [6.07, 6.45) is 5.79. The molecule has 2 fully saturated rings. The van der Waals surface area contributed by atoms with Crippen LogP contribution in [-0.2, 0) is 21.3 Å². The second kappa shape index (κ2) is 5.44. The fourth-order valence-electron chi connectivity index (χ4n) is 2.78. The van der Waals surface area contributed by atoms with Gasteiger partial charge in [0.1, 0.15) is 4.90 Å². The van der Waals surface area contributed by atoms with Crippen molar-refractivity contribution in [3.05, 3.63) is 12.4 Å². The van der Waals surface area contributed by atoms with E-state index in [1.165, 1.54) is 10.5 Å². The van der Waals surface area contributed by atoms with Crippen LogP contribution in [0.5, 0.6) is 0 Å². The molecule has 0 amide bonds. The minimum Gasteiger partial charge on any atom is -0.372 e. The van der Waals surface area contributed by atoms with Gasteiger partial charge >= 0.3 is 0 Å². The van der Waals surface area contributed by atoms with E-state index in [0.29, 0.717) is 26.2 Å². The van der Waals surface area contributed by atoms with Gasteiger partial charge in [-0.2, -0.15) is 9.40 Å². The second-order valence-electron chi connectivity index (χ2n) is 5.36. The first kappa shape index (κ1) is 14.0. The Bertz CT molecular complexity index is 559. The van der Waals surface area contributed by atoms with Gasteiger partial charge in [0.2, 0.25) is 10.0 Å². The molecule has 2 unspecified atom stereocenters. The molecule has 2 aliphatic rings. The summed E-state index contributed by atoms with van der Waals surface area (Å²) < 4.78 is 34.0. The predicted octanol–water partition coefficient (Wildman–Crippen LogP) is -0.216. The SMILES string of the molecule is NCCCn1cc(S(=O)(=O)N2CC3CCC(C2)O3)cn1. The van der Waals surface area contributed by atoms with Crippen molar-refractivity contribution in [2.24, 2.45) is 5.73 Å². The zero-order valence-corrected chi connectivity index (χ0v) is 12.1. The summed E-state index contributed by atoms with van der Waals surface area (Å²) >= 11 is 0. The minimum atomic E-state index is -3.45. The van der Waals surface area contributed by atoms with Crippen molar-refractivity contribution < 1.29 is 13.2 Å². The van der Waals surface area contributed by atoms with Crippen molar-refractivity contribution in [3.8, 4) is 0 Å². The van der Waals surface area contributed by atoms with Crippen molar-refractivity contribution in [2.75, 3.05) is 19.6 Å². The van der Waals surface area contributed by atoms with Gasteiger partial charge in [0.25, 0.3) is 0 Å². The first-order chi connectivity index (χ1) is 9.59. The maximum atomic E-state index is 12.6. The summed E-state index contributed by atoms with van der Waals surface area (Å²) in [5.41, 5.74) is 5.44. The fraction of sp³-hybridized carbons (Fsp3) is 0.750. The van der Waals surface area contributed by atoms with Crippen LogP contribution in [0.15, 0.2) is 17.3 Å². The molecule has 0 aliphatic carbocycles. The van der Waals surface area contributed by atoms with Crippen LogP contribution in [0, 0.1) is 0 Å². The lowest BCUT2D eigenvalue weighted by atomic mass is 10.2. The summed E-state index contributed by atoms with van der Waals surface area (Å²) in [6.45, 7) is 2.11. The second-order valence-corrected chi connectivity index (χ2v) is 7.30. The Kier molecular flexibility index (Phi) is 3.80. The zero-order chi connectivity index (χ0) is 14.2. The third kappa shape index (κ3) is 2.60. The van der Waals surface area contributed by atoms with Gasteiger partial charge < -0.3 is 10.5 Å². The number of hydrogen-bond acceptors (Lipinski definition) is 5. The Morgan fingerprint density at radius 1 is 1.35 bits per heavy atom. The topological polar surface area (TPSA) is 90.5 Å². The number of fused-ring (bicyclic) bond motifs is 2. The quantitative estimate of drug-likeness (QED) is 0.812. The number of morpholine rings is 1. The minimum absolute atomic E-state index is 0.0517. The highest BCUT2D eigenvalue weighted by Crippen LogP contribution is 2.29. The summed E-state index contributed by atoms with van der Waals surface area (Å²) in [4.78, 5) is 0.260. The van der Waals surface area contributed by atoms with Gasteiger partial charge in [-0.1, -0.05) is 0 Å². The van der Waals surface area contributed by atoms with E-state index in [1.54, 1.807) is 10.9 Å². The highest BCUT2D eigenvalue weighted by Gasteiger charge is 2.39. The third-order valence-electron chi connectivity index (χ3n) is 3.85. The number of aryl methyl sites for hydroxylation is 1. The van der Waals surface area contributed by atoms with E-state index in [1.807, 2.05) is 0 Å². The summed E-state index contributed by atoms with van der Waals surface area (Å²) in [5.74, 6) is 0. The molecule has 2 aliphatic heterocycles. The molecule has 2 saturated heterocycles. The van der Waals surface area contributed by atoms with Gasteiger partial charge in [0, 0.05) is 25.8 Å². The van der Waals surface area contributed by atoms with Crippen LogP contribution in [0.4, 0.5) is 0 Å². The number of nitrogens with zero attached hydrogens (tertiary/aromatic N) is 3. The first-order valence-electron chi connectivity index (χ1n) is 6.98. The van der Waals surface area contributed by atoms with E-state index in [9.17, 15) is 8.42 Å². The van der Waals surface area contributed by atoms with Crippen molar-refractivity contribution >= 4 is 10.0 Å². The lowest BCUT2D eigenvalue weighted by Crippen LogP contribution is -2.45. The molecule has 0 aromatic carbocycles. The molecule has 20 heavy (non-hydrogen) atoms. The number of nitrogens with two attached hydrogens (primary N) is 1. The van der Waals surface area contributed by atoms with Crippen LogP contribution < -0.4 is 5.73 Å². The fourth-order valence-corrected chi connectivity index (χ4v) is 4.23. The van der Waals surface area contributed by atoms with Gasteiger partial charge in [-0.25, -0.2) is 8.42 Å². The highest BCUT2D eigenvalue weighted by atomic mass is 32.2. The smallest absolute Gasteiger partial charge is 0.246 e. The van der Waals surface area contributed by atoms with E-state index >= 15 is 0 Å². The van der Waals surface area contributed by atoms with E-state index in [0.717, 1.165) is 19.3 Å². The molecule has 3 rings (SSSR count). The van der Waals surface area contributed by atoms with Crippen molar-refractivity contribution in [1.82, 2.24) is 14.1 Å². The Labute approximate surface area is 118 Å². The number of rotatable bonds is 5. The largest absolute Gasteiger partial charge is 0.372 e. The van der Waals surface area contributed by atoms with E-state index in [-0.39, 0.29) is 17.1 Å². The normalized spacial score (nSPS) is 27.1. The highest BCUT2D eigenvalue weighted by molar-refractivity contribution is 7.89. The van der Waals surface area contributed by atoms with Gasteiger partial charge in [0.15, 0.2) is 0 Å². The van der Waals surface area contributed by atoms with Crippen molar-refractivity contribution in [1.29, 1.82) is 0 Å². The summed E-state index contributed by atoms with van der Waals surface area (Å²) in [6, 6.07) is 0. The summed E-state index contributed by atoms with van der Waals surface area (Å²) in [7, 11) is -3.45. The third-order valence-corrected chi connectivity index (χ3v) is 5.63. The average Bonchev–Trinajstić information content (AvgIpc) is 3.03. The Balaban J connectivity index is 1.76. The molecule has 2 N–H and O–H groups in total. The van der Waals surface area contributed by atoms with Crippen molar-refractivity contribution in [2.45, 2.75) is 42.9 Å². The van der Waals surface area contributed by atoms with Crippen LogP contribution in [0.2, 0.25) is 0 Å². The maximum Gasteiger partial charge on any atom is 0.246 e. The number of hydrogen-bond donors (Lipinski definition) is 1. The molecule has 0 radical (unpaired) electrons.